The molecule has 1 heterocycles. The molecule has 73 heavy (non-hydrogen) atoms. The number of rotatable bonds is 11. The number of ether oxygens (including phenoxy) is 6. The first-order valence-electron chi connectivity index (χ1n) is 21.9. The second-order valence-electron chi connectivity index (χ2n) is 19.1. The van der Waals surface area contributed by atoms with Gasteiger partial charge in [-0.15, -0.1) is 13.2 Å². The molecule has 2 aromatic carbocycles. The van der Waals surface area contributed by atoms with E-state index in [1.54, 1.807) is 0 Å². The van der Waals surface area contributed by atoms with Gasteiger partial charge in [0.05, 0.1) is 48.2 Å². The summed E-state index contributed by atoms with van der Waals surface area (Å²) in [4.78, 5) is 70.0. The fraction of sp³-hybridized carbons (Fsp3) is 0.587. The number of esters is 3. The molecule has 3 fully saturated rings. The van der Waals surface area contributed by atoms with Crippen LogP contribution in [-0.4, -0.2) is 130 Å². The standard InChI is InChI=1S/C46H47F12NO14/c1-21-26(69-35(65)30(62)29(23-13-9-7-10-14-23)59-36(66)73-42(43(47,48)49,44(50,51)52)45(53,54)55)17-40(67)33(70-34(64)24-15-11-8-12-16-24)31-39(6,32(63)25(19-60)28(21)37(40,3)4)27(72-46(56,57)58)18-38(5)41(31,20-68-38)71-22(2)61/h7-16,25-27,29-31,33,60,62,67H,17-20H2,1-6H3,(H,59,66)/t25-,26+,27+,29+,30-,31+,33+,38-,39-,40-,41-/m1/s1. The number of halogens is 12. The lowest BCUT2D eigenvalue weighted by Gasteiger charge is -2.71. The van der Waals surface area contributed by atoms with Gasteiger partial charge in [-0.05, 0) is 49.6 Å². The zero-order valence-corrected chi connectivity index (χ0v) is 39.0. The van der Waals surface area contributed by atoms with Crippen molar-refractivity contribution >= 4 is 29.8 Å². The number of carbonyl (C=O) groups excluding carboxylic acids is 5. The van der Waals surface area contributed by atoms with Crippen LogP contribution in [0, 0.1) is 22.7 Å². The summed E-state index contributed by atoms with van der Waals surface area (Å²) in [6.07, 6.45) is -42.6. The Morgan fingerprint density at radius 3 is 1.82 bits per heavy atom. The Morgan fingerprint density at radius 1 is 0.822 bits per heavy atom. The molecule has 11 atom stereocenters. The minimum Gasteiger partial charge on any atom is -0.456 e. The van der Waals surface area contributed by atoms with E-state index in [0.29, 0.717) is 0 Å². The van der Waals surface area contributed by atoms with Gasteiger partial charge in [-0.2, -0.15) is 39.5 Å². The molecule has 1 saturated heterocycles. The Kier molecular flexibility index (Phi) is 14.5. The van der Waals surface area contributed by atoms with E-state index >= 15 is 4.79 Å². The lowest BCUT2D eigenvalue weighted by atomic mass is 9.42. The molecule has 2 bridgehead atoms. The van der Waals surface area contributed by atoms with Crippen molar-refractivity contribution in [3.05, 3.63) is 82.9 Å². The lowest BCUT2D eigenvalue weighted by Crippen LogP contribution is -2.85. The topological polar surface area (TPSA) is 213 Å². The number of aliphatic hydroxyl groups is 3. The van der Waals surface area contributed by atoms with Crippen LogP contribution in [0.2, 0.25) is 0 Å². The Bertz CT molecular complexity index is 2460. The number of benzene rings is 2. The lowest BCUT2D eigenvalue weighted by molar-refractivity contribution is -0.443. The van der Waals surface area contributed by atoms with Crippen molar-refractivity contribution in [3.63, 3.8) is 0 Å². The normalized spacial score (nSPS) is 31.2. The van der Waals surface area contributed by atoms with Gasteiger partial charge in [-0.25, -0.2) is 14.4 Å². The SMILES string of the molecule is CC(=O)O[C@@]12CO[C@]1(C)C[C@H](OC(F)(F)F)[C@@]1(C)C(=O)[C@H](CO)C3=C(C)[C@@H](OC(=O)[C@H](O)[C@@H](NC(=O)OC(C(F)(F)F)(C(F)(F)F)C(F)(F)F)c4ccccc4)C[C@@](O)([C@@H](OC(=O)c4ccccc4)[C@@H]12)C3(C)C. The van der Waals surface area contributed by atoms with Crippen molar-refractivity contribution in [1.29, 1.82) is 0 Å². The molecule has 2 aromatic rings. The highest BCUT2D eigenvalue weighted by molar-refractivity contribution is 5.93. The third-order valence-electron chi connectivity index (χ3n) is 14.7. The highest BCUT2D eigenvalue weighted by atomic mass is 19.4. The van der Waals surface area contributed by atoms with Gasteiger partial charge in [0.25, 0.3) is 0 Å². The highest BCUT2D eigenvalue weighted by Gasteiger charge is 2.88. The smallest absolute Gasteiger partial charge is 0.456 e. The van der Waals surface area contributed by atoms with Gasteiger partial charge in [0.2, 0.25) is 0 Å². The summed E-state index contributed by atoms with van der Waals surface area (Å²) >= 11 is 0. The van der Waals surface area contributed by atoms with Gasteiger partial charge in [-0.3, -0.25) is 14.3 Å². The molecule has 1 amide bonds. The van der Waals surface area contributed by atoms with Gasteiger partial charge in [0.15, 0.2) is 17.5 Å². The number of ketones is 1. The largest absolute Gasteiger partial charge is 0.522 e. The minimum absolute atomic E-state index is 0.245. The van der Waals surface area contributed by atoms with Crippen LogP contribution in [0.25, 0.3) is 0 Å². The number of alkyl carbamates (subject to hydrolysis) is 1. The molecule has 27 heteroatoms. The van der Waals surface area contributed by atoms with Gasteiger partial charge in [0.1, 0.15) is 23.4 Å². The number of aliphatic hydroxyl groups excluding tert-OH is 2. The first kappa shape index (κ1) is 56.8. The molecule has 0 aromatic heterocycles. The monoisotopic (exact) mass is 1070 g/mol. The molecule has 404 valence electrons. The number of hydrogen-bond donors (Lipinski definition) is 4. The van der Waals surface area contributed by atoms with Gasteiger partial charge in [-0.1, -0.05) is 62.4 Å². The average Bonchev–Trinajstić information content (AvgIpc) is 3.26. The molecule has 0 radical (unpaired) electrons. The third kappa shape index (κ3) is 9.19. The first-order valence-corrected chi connectivity index (χ1v) is 21.9. The van der Waals surface area contributed by atoms with E-state index in [-0.39, 0.29) is 16.7 Å². The second-order valence-corrected chi connectivity index (χ2v) is 19.1. The van der Waals surface area contributed by atoms with Crippen LogP contribution in [0.3, 0.4) is 0 Å². The quantitative estimate of drug-likeness (QED) is 0.0768. The molecule has 2 saturated carbocycles. The van der Waals surface area contributed by atoms with Crippen LogP contribution in [0.15, 0.2) is 71.8 Å². The Labute approximate surface area is 406 Å². The molecular formula is C46H47F12NO14. The number of hydrogen-bond acceptors (Lipinski definition) is 14. The van der Waals surface area contributed by atoms with E-state index in [0.717, 1.165) is 45.0 Å². The van der Waals surface area contributed by atoms with E-state index in [4.69, 9.17) is 18.9 Å². The van der Waals surface area contributed by atoms with E-state index in [9.17, 15) is 87.2 Å². The second kappa shape index (κ2) is 18.7. The van der Waals surface area contributed by atoms with Crippen LogP contribution in [0.4, 0.5) is 57.5 Å². The Hall–Kier alpha value is -5.51. The maximum absolute atomic E-state index is 15.5. The van der Waals surface area contributed by atoms with E-state index in [1.165, 1.54) is 62.5 Å². The maximum Gasteiger partial charge on any atom is 0.522 e. The predicted molar refractivity (Wildman–Crippen MR) is 219 cm³/mol. The Balaban J connectivity index is 1.53. The van der Waals surface area contributed by atoms with Gasteiger partial charge < -0.3 is 44.3 Å². The van der Waals surface area contributed by atoms with Gasteiger partial charge in [0, 0.05) is 25.2 Å². The van der Waals surface area contributed by atoms with Crippen LogP contribution in [0.5, 0.6) is 0 Å². The number of nitrogens with one attached hydrogen (secondary N) is 1. The van der Waals surface area contributed by atoms with Crippen LogP contribution < -0.4 is 5.32 Å². The number of Topliss-reactive ketones (excluding diaryl/α,β-unsaturated/α-hetero) is 1. The number of fused-ring (bicyclic) bond motifs is 5. The van der Waals surface area contributed by atoms with Crippen LogP contribution in [-0.2, 0) is 42.8 Å². The Morgan fingerprint density at radius 2 is 1.36 bits per heavy atom. The summed E-state index contributed by atoms with van der Waals surface area (Å²) in [5.41, 5.74) is -20.7. The maximum atomic E-state index is 15.5. The summed E-state index contributed by atoms with van der Waals surface area (Å²) in [6, 6.07) is 9.30. The van der Waals surface area contributed by atoms with Crippen molar-refractivity contribution in [2.75, 3.05) is 13.2 Å². The molecule has 4 aliphatic rings. The summed E-state index contributed by atoms with van der Waals surface area (Å²) in [5, 5.41) is 37.5. The molecule has 4 N–H and O–H groups in total. The highest BCUT2D eigenvalue weighted by Crippen LogP contribution is 2.68. The third-order valence-corrected chi connectivity index (χ3v) is 14.7. The average molecular weight is 1070 g/mol. The van der Waals surface area contributed by atoms with Crippen molar-refractivity contribution < 1.29 is 120 Å². The number of alkyl halides is 12. The van der Waals surface area contributed by atoms with E-state index in [1.807, 2.05) is 0 Å². The molecule has 3 aliphatic carbocycles. The van der Waals surface area contributed by atoms with Crippen molar-refractivity contribution in [3.8, 4) is 0 Å². The fourth-order valence-electron chi connectivity index (χ4n) is 11.1. The molecule has 6 rings (SSSR count). The number of amides is 1. The van der Waals surface area contributed by atoms with E-state index in [2.05, 4.69) is 9.47 Å². The minimum atomic E-state index is -7.40. The van der Waals surface area contributed by atoms with E-state index < -0.39 is 162 Å². The van der Waals surface area contributed by atoms with Gasteiger partial charge >= 0.3 is 54.5 Å². The molecule has 0 spiro atoms. The summed E-state index contributed by atoms with van der Waals surface area (Å²) in [5.74, 6) is -9.85. The first-order chi connectivity index (χ1) is 33.3. The zero-order valence-electron chi connectivity index (χ0n) is 39.0. The molecular weight excluding hydrogens is 1020 g/mol. The summed E-state index contributed by atoms with van der Waals surface area (Å²) < 4.78 is 199. The predicted octanol–water partition coefficient (Wildman–Crippen LogP) is 7.07. The number of carbonyl (C=O) groups is 5. The molecule has 0 unspecified atom stereocenters. The zero-order chi connectivity index (χ0) is 55.1. The summed E-state index contributed by atoms with van der Waals surface area (Å²) in [7, 11) is 0. The molecule has 1 aliphatic heterocycles. The molecule has 15 nitrogen and oxygen atoms in total. The van der Waals surface area contributed by atoms with Crippen molar-refractivity contribution in [2.45, 2.75) is 132 Å². The van der Waals surface area contributed by atoms with Crippen molar-refractivity contribution in [1.82, 2.24) is 5.32 Å². The van der Waals surface area contributed by atoms with Crippen LogP contribution in [0.1, 0.15) is 76.3 Å². The fourth-order valence-corrected chi connectivity index (χ4v) is 11.1. The van der Waals surface area contributed by atoms with Crippen molar-refractivity contribution in [2.24, 2.45) is 22.7 Å². The van der Waals surface area contributed by atoms with Crippen LogP contribution >= 0.6 is 0 Å². The summed E-state index contributed by atoms with van der Waals surface area (Å²) in [6.45, 7) is 4.73.